The summed E-state index contributed by atoms with van der Waals surface area (Å²) >= 11 is 3.56. The lowest BCUT2D eigenvalue weighted by molar-refractivity contribution is 0.189. The molecule has 21 heavy (non-hydrogen) atoms. The standard InChI is InChI=1S/C17H29BrN2O/c1-3-9-19-17(15-6-5-7-16(18)14-15)8-11-20(10-4-2)12-13-21/h5-7,14,17,19,21H,3-4,8-13H2,1-2H3. The molecule has 1 atom stereocenters. The fourth-order valence-electron chi connectivity index (χ4n) is 2.53. The van der Waals surface area contributed by atoms with Crippen molar-refractivity contribution < 1.29 is 5.11 Å². The van der Waals surface area contributed by atoms with E-state index in [4.69, 9.17) is 5.11 Å². The van der Waals surface area contributed by atoms with Crippen molar-refractivity contribution in [3.8, 4) is 0 Å². The summed E-state index contributed by atoms with van der Waals surface area (Å²) in [5.74, 6) is 0. The summed E-state index contributed by atoms with van der Waals surface area (Å²) in [5.41, 5.74) is 1.33. The first kappa shape index (κ1) is 18.6. The maximum atomic E-state index is 9.16. The molecular weight excluding hydrogens is 328 g/mol. The van der Waals surface area contributed by atoms with E-state index in [0.29, 0.717) is 6.04 Å². The number of rotatable bonds is 11. The lowest BCUT2D eigenvalue weighted by atomic mass is 10.0. The predicted octanol–water partition coefficient (Wildman–Crippen LogP) is 3.58. The Morgan fingerprint density at radius 2 is 2.00 bits per heavy atom. The highest BCUT2D eigenvalue weighted by atomic mass is 79.9. The van der Waals surface area contributed by atoms with Crippen LogP contribution in [0.25, 0.3) is 0 Å². The average Bonchev–Trinajstić information content (AvgIpc) is 2.47. The van der Waals surface area contributed by atoms with Gasteiger partial charge in [0.25, 0.3) is 0 Å². The van der Waals surface area contributed by atoms with Crippen LogP contribution in [0.3, 0.4) is 0 Å². The first-order valence-corrected chi connectivity index (χ1v) is 8.82. The van der Waals surface area contributed by atoms with Crippen LogP contribution in [0.2, 0.25) is 0 Å². The van der Waals surface area contributed by atoms with Gasteiger partial charge in [0.1, 0.15) is 0 Å². The van der Waals surface area contributed by atoms with Crippen LogP contribution >= 0.6 is 15.9 Å². The van der Waals surface area contributed by atoms with Gasteiger partial charge in [-0.1, -0.05) is 41.9 Å². The fourth-order valence-corrected chi connectivity index (χ4v) is 2.95. The van der Waals surface area contributed by atoms with Gasteiger partial charge < -0.3 is 15.3 Å². The maximum absolute atomic E-state index is 9.16. The molecule has 0 heterocycles. The molecule has 1 rings (SSSR count). The Bertz CT molecular complexity index is 381. The molecule has 0 spiro atoms. The monoisotopic (exact) mass is 356 g/mol. The summed E-state index contributed by atoms with van der Waals surface area (Å²) in [6.45, 7) is 8.50. The Labute approximate surface area is 137 Å². The van der Waals surface area contributed by atoms with E-state index in [1.165, 1.54) is 5.56 Å². The number of nitrogens with one attached hydrogen (secondary N) is 1. The molecule has 0 amide bonds. The second kappa shape index (κ2) is 11.2. The van der Waals surface area contributed by atoms with E-state index >= 15 is 0 Å². The molecule has 1 aromatic carbocycles. The van der Waals surface area contributed by atoms with Gasteiger partial charge in [-0.15, -0.1) is 0 Å². The number of hydrogen-bond donors (Lipinski definition) is 2. The van der Waals surface area contributed by atoms with Crippen molar-refractivity contribution in [1.29, 1.82) is 0 Å². The lowest BCUT2D eigenvalue weighted by Gasteiger charge is -2.25. The van der Waals surface area contributed by atoms with Gasteiger partial charge in [0.05, 0.1) is 6.61 Å². The summed E-state index contributed by atoms with van der Waals surface area (Å²) in [4.78, 5) is 2.35. The normalized spacial score (nSPS) is 12.8. The van der Waals surface area contributed by atoms with E-state index in [1.807, 2.05) is 0 Å². The van der Waals surface area contributed by atoms with Crippen molar-refractivity contribution >= 4 is 15.9 Å². The third kappa shape index (κ3) is 7.41. The molecule has 0 aliphatic rings. The summed E-state index contributed by atoms with van der Waals surface area (Å²) in [7, 11) is 0. The number of nitrogens with zero attached hydrogens (tertiary/aromatic N) is 1. The number of aliphatic hydroxyl groups is 1. The number of halogens is 1. The molecule has 3 nitrogen and oxygen atoms in total. The second-order valence-corrected chi connectivity index (χ2v) is 6.33. The van der Waals surface area contributed by atoms with E-state index in [0.717, 1.165) is 49.9 Å². The quantitative estimate of drug-likeness (QED) is 0.635. The second-order valence-electron chi connectivity index (χ2n) is 5.42. The topological polar surface area (TPSA) is 35.5 Å². The Balaban J connectivity index is 2.64. The molecule has 1 unspecified atom stereocenters. The summed E-state index contributed by atoms with van der Waals surface area (Å²) in [5, 5.41) is 12.8. The highest BCUT2D eigenvalue weighted by Crippen LogP contribution is 2.21. The van der Waals surface area contributed by atoms with Gasteiger partial charge in [-0.25, -0.2) is 0 Å². The van der Waals surface area contributed by atoms with Gasteiger partial charge in [-0.3, -0.25) is 0 Å². The van der Waals surface area contributed by atoms with Gasteiger partial charge >= 0.3 is 0 Å². The van der Waals surface area contributed by atoms with Gasteiger partial charge in [-0.05, 0) is 50.0 Å². The van der Waals surface area contributed by atoms with Crippen LogP contribution in [0.5, 0.6) is 0 Å². The van der Waals surface area contributed by atoms with Crippen LogP contribution in [0.4, 0.5) is 0 Å². The molecule has 0 radical (unpaired) electrons. The van der Waals surface area contributed by atoms with E-state index < -0.39 is 0 Å². The van der Waals surface area contributed by atoms with Crippen LogP contribution in [0.15, 0.2) is 28.7 Å². The summed E-state index contributed by atoms with van der Waals surface area (Å²) in [6.07, 6.45) is 3.33. The highest BCUT2D eigenvalue weighted by molar-refractivity contribution is 9.10. The maximum Gasteiger partial charge on any atom is 0.0558 e. The van der Waals surface area contributed by atoms with Crippen LogP contribution in [0.1, 0.15) is 44.7 Å². The van der Waals surface area contributed by atoms with Gasteiger partial charge in [0.15, 0.2) is 0 Å². The molecule has 0 aliphatic heterocycles. The SMILES string of the molecule is CCCNC(CCN(CCC)CCO)c1cccc(Br)c1. The Morgan fingerprint density at radius 1 is 1.19 bits per heavy atom. The van der Waals surface area contributed by atoms with Crippen molar-refractivity contribution in [2.24, 2.45) is 0 Å². The first-order chi connectivity index (χ1) is 10.2. The van der Waals surface area contributed by atoms with Crippen LogP contribution < -0.4 is 5.32 Å². The molecular formula is C17H29BrN2O. The van der Waals surface area contributed by atoms with E-state index in [1.54, 1.807) is 0 Å². The molecule has 120 valence electrons. The molecule has 0 aromatic heterocycles. The van der Waals surface area contributed by atoms with E-state index in [9.17, 15) is 0 Å². The molecule has 0 bridgehead atoms. The Kier molecular flexibility index (Phi) is 9.92. The van der Waals surface area contributed by atoms with Crippen molar-refractivity contribution in [3.63, 3.8) is 0 Å². The van der Waals surface area contributed by atoms with E-state index in [-0.39, 0.29) is 6.61 Å². The molecule has 2 N–H and O–H groups in total. The Hall–Kier alpha value is -0.420. The van der Waals surface area contributed by atoms with Gasteiger partial charge in [0, 0.05) is 23.6 Å². The zero-order valence-electron chi connectivity index (χ0n) is 13.3. The molecule has 0 fully saturated rings. The zero-order chi connectivity index (χ0) is 15.5. The average molecular weight is 357 g/mol. The van der Waals surface area contributed by atoms with Crippen LogP contribution in [-0.4, -0.2) is 42.8 Å². The fraction of sp³-hybridized carbons (Fsp3) is 0.647. The van der Waals surface area contributed by atoms with Crippen molar-refractivity contribution in [2.45, 2.75) is 39.2 Å². The smallest absolute Gasteiger partial charge is 0.0558 e. The first-order valence-electron chi connectivity index (χ1n) is 8.03. The lowest BCUT2D eigenvalue weighted by Crippen LogP contribution is -2.32. The zero-order valence-corrected chi connectivity index (χ0v) is 14.9. The highest BCUT2D eigenvalue weighted by Gasteiger charge is 2.13. The molecule has 0 aliphatic carbocycles. The van der Waals surface area contributed by atoms with Gasteiger partial charge in [0.2, 0.25) is 0 Å². The largest absolute Gasteiger partial charge is 0.395 e. The number of benzene rings is 1. The van der Waals surface area contributed by atoms with E-state index in [2.05, 4.69) is 64.3 Å². The molecule has 4 heteroatoms. The predicted molar refractivity (Wildman–Crippen MR) is 93.6 cm³/mol. The minimum Gasteiger partial charge on any atom is -0.395 e. The Morgan fingerprint density at radius 3 is 2.62 bits per heavy atom. The number of aliphatic hydroxyl groups excluding tert-OH is 1. The minimum atomic E-state index is 0.240. The summed E-state index contributed by atoms with van der Waals surface area (Å²) in [6, 6.07) is 8.92. The van der Waals surface area contributed by atoms with Crippen molar-refractivity contribution in [1.82, 2.24) is 10.2 Å². The third-order valence-electron chi connectivity index (χ3n) is 3.58. The van der Waals surface area contributed by atoms with Crippen LogP contribution in [-0.2, 0) is 0 Å². The number of hydrogen-bond acceptors (Lipinski definition) is 3. The van der Waals surface area contributed by atoms with Crippen molar-refractivity contribution in [3.05, 3.63) is 34.3 Å². The molecule has 0 saturated heterocycles. The molecule has 0 saturated carbocycles. The summed E-state index contributed by atoms with van der Waals surface area (Å²) < 4.78 is 1.13. The third-order valence-corrected chi connectivity index (χ3v) is 4.08. The molecule has 1 aromatic rings. The van der Waals surface area contributed by atoms with Gasteiger partial charge in [-0.2, -0.15) is 0 Å². The minimum absolute atomic E-state index is 0.240. The van der Waals surface area contributed by atoms with Crippen molar-refractivity contribution in [2.75, 3.05) is 32.8 Å². The van der Waals surface area contributed by atoms with Crippen LogP contribution in [0, 0.1) is 0 Å².